The highest BCUT2D eigenvalue weighted by Crippen LogP contribution is 2.58. The Balaban J connectivity index is 0.000000590. The SMILES string of the molecule is COCC[C@@H]1C[C@]1(CC(=O)[C@@H]1C[C@@H](Oc2nccc3cc(OC)ccc23)CN1C(=O)[C@@H](CC(=O)OC(C)(C)C)C(C)(C)C)C(=O)NS(=O)(=O)OC1(C)CC1.COCC[C@@H]1C[C@]1(N)C(=O)OC. The van der Waals surface area contributed by atoms with Crippen LogP contribution in [0, 0.1) is 28.6 Å². The molecular formula is C47H70N4O14S. The van der Waals surface area contributed by atoms with E-state index in [2.05, 4.69) is 14.4 Å². The molecule has 0 bridgehead atoms. The largest absolute Gasteiger partial charge is 0.497 e. The monoisotopic (exact) mass is 946 g/mol. The normalized spacial score (nSPS) is 25.7. The number of likely N-dealkylation sites (tertiary alicyclic amines) is 1. The van der Waals surface area contributed by atoms with Crippen LogP contribution in [0.25, 0.3) is 10.8 Å². The van der Waals surface area contributed by atoms with Gasteiger partial charge >= 0.3 is 22.2 Å². The van der Waals surface area contributed by atoms with Gasteiger partial charge in [0.05, 0.1) is 50.2 Å². The van der Waals surface area contributed by atoms with E-state index in [-0.39, 0.29) is 50.0 Å². The quantitative estimate of drug-likeness (QED) is 0.169. The number of rotatable bonds is 20. The summed E-state index contributed by atoms with van der Waals surface area (Å²) in [6.07, 6.45) is 3.82. The van der Waals surface area contributed by atoms with Crippen molar-refractivity contribution < 1.29 is 65.0 Å². The summed E-state index contributed by atoms with van der Waals surface area (Å²) < 4.78 is 65.2. The second-order valence-corrected chi connectivity index (χ2v) is 21.8. The molecule has 3 aliphatic carbocycles. The lowest BCUT2D eigenvalue weighted by Crippen LogP contribution is -2.49. The fourth-order valence-electron chi connectivity index (χ4n) is 8.64. The predicted octanol–water partition coefficient (Wildman–Crippen LogP) is 4.83. The zero-order chi connectivity index (χ0) is 49.0. The molecule has 1 aromatic carbocycles. The van der Waals surface area contributed by atoms with Crippen LogP contribution >= 0.6 is 0 Å². The molecule has 4 aliphatic rings. The number of aromatic nitrogens is 1. The number of carbonyl (C=O) groups excluding carboxylic acids is 5. The Hall–Kier alpha value is -4.43. The van der Waals surface area contributed by atoms with Crippen molar-refractivity contribution in [2.24, 2.45) is 34.3 Å². The molecule has 368 valence electrons. The minimum Gasteiger partial charge on any atom is -0.497 e. The topological polar surface area (TPSA) is 238 Å². The molecule has 6 rings (SSSR count). The summed E-state index contributed by atoms with van der Waals surface area (Å²) in [6.45, 7) is 13.4. The molecule has 0 radical (unpaired) electrons. The Morgan fingerprint density at radius 3 is 2.17 bits per heavy atom. The van der Waals surface area contributed by atoms with Crippen LogP contribution in [0.5, 0.6) is 11.6 Å². The van der Waals surface area contributed by atoms with E-state index in [9.17, 15) is 32.4 Å². The van der Waals surface area contributed by atoms with Crippen molar-refractivity contribution in [2.45, 2.75) is 135 Å². The van der Waals surface area contributed by atoms with E-state index >= 15 is 0 Å². The molecule has 2 aromatic rings. The Morgan fingerprint density at radius 1 is 0.939 bits per heavy atom. The number of nitrogens with two attached hydrogens (primary N) is 1. The number of ketones is 1. The molecule has 19 heteroatoms. The molecule has 1 aromatic heterocycles. The minimum atomic E-state index is -4.45. The lowest BCUT2D eigenvalue weighted by molar-refractivity contribution is -0.161. The van der Waals surface area contributed by atoms with Crippen molar-refractivity contribution in [3.63, 3.8) is 0 Å². The van der Waals surface area contributed by atoms with Gasteiger partial charge in [-0.05, 0) is 113 Å². The van der Waals surface area contributed by atoms with Gasteiger partial charge in [0.2, 0.25) is 17.7 Å². The smallest absolute Gasteiger partial charge is 0.362 e. The number of Topliss-reactive ketones (excluding diaryl/α,β-unsaturated/α-hetero) is 1. The molecule has 2 amide bonds. The Kier molecular flexibility index (Phi) is 16.3. The summed E-state index contributed by atoms with van der Waals surface area (Å²) in [5, 5.41) is 1.53. The van der Waals surface area contributed by atoms with Gasteiger partial charge in [-0.2, -0.15) is 8.42 Å². The van der Waals surface area contributed by atoms with Gasteiger partial charge in [0.15, 0.2) is 5.78 Å². The minimum absolute atomic E-state index is 0.0114. The number of esters is 2. The number of amides is 2. The predicted molar refractivity (Wildman–Crippen MR) is 242 cm³/mol. The zero-order valence-electron chi connectivity index (χ0n) is 40.4. The fraction of sp³-hybridized carbons (Fsp3) is 0.702. The first-order chi connectivity index (χ1) is 30.7. The number of hydrogen-bond acceptors (Lipinski definition) is 16. The average molecular weight is 947 g/mol. The molecule has 3 saturated carbocycles. The van der Waals surface area contributed by atoms with E-state index in [0.29, 0.717) is 49.5 Å². The average Bonchev–Trinajstić information content (AvgIpc) is 4.19. The van der Waals surface area contributed by atoms with Crippen LogP contribution in [-0.4, -0.2) is 125 Å². The molecule has 1 aliphatic heterocycles. The van der Waals surface area contributed by atoms with Crippen molar-refractivity contribution in [3.8, 4) is 11.6 Å². The van der Waals surface area contributed by atoms with Crippen molar-refractivity contribution in [3.05, 3.63) is 30.5 Å². The fourth-order valence-corrected chi connectivity index (χ4v) is 9.81. The summed E-state index contributed by atoms with van der Waals surface area (Å²) in [7, 11) is 1.65. The summed E-state index contributed by atoms with van der Waals surface area (Å²) in [6, 6.07) is 6.25. The van der Waals surface area contributed by atoms with Crippen LogP contribution in [0.2, 0.25) is 0 Å². The third kappa shape index (κ3) is 13.2. The van der Waals surface area contributed by atoms with E-state index in [1.807, 2.05) is 39.0 Å². The summed E-state index contributed by atoms with van der Waals surface area (Å²) in [4.78, 5) is 73.1. The Labute approximate surface area is 388 Å². The van der Waals surface area contributed by atoms with Gasteiger partial charge in [-0.25, -0.2) is 13.9 Å². The number of benzene rings is 1. The van der Waals surface area contributed by atoms with Gasteiger partial charge in [0.1, 0.15) is 23.0 Å². The summed E-state index contributed by atoms with van der Waals surface area (Å²) in [5.41, 5.74) is 1.36. The first-order valence-corrected chi connectivity index (χ1v) is 23.9. The van der Waals surface area contributed by atoms with Crippen LogP contribution in [0.1, 0.15) is 106 Å². The molecule has 1 saturated heterocycles. The molecule has 18 nitrogen and oxygen atoms in total. The second-order valence-electron chi connectivity index (χ2n) is 20.5. The highest BCUT2D eigenvalue weighted by molar-refractivity contribution is 7.85. The molecular weight excluding hydrogens is 877 g/mol. The van der Waals surface area contributed by atoms with Crippen molar-refractivity contribution in [1.82, 2.24) is 14.6 Å². The van der Waals surface area contributed by atoms with Crippen LogP contribution in [0.15, 0.2) is 30.5 Å². The second kappa shape index (κ2) is 20.4. The van der Waals surface area contributed by atoms with Crippen LogP contribution in [-0.2, 0) is 57.4 Å². The van der Waals surface area contributed by atoms with Gasteiger partial charge in [-0.3, -0.25) is 24.0 Å². The maximum atomic E-state index is 14.6. The maximum Gasteiger partial charge on any atom is 0.362 e. The number of methoxy groups -OCH3 is 4. The number of hydrogen-bond donors (Lipinski definition) is 2. The molecule has 0 spiro atoms. The number of nitrogens with zero attached hydrogens (tertiary/aromatic N) is 2. The third-order valence-electron chi connectivity index (χ3n) is 13.0. The summed E-state index contributed by atoms with van der Waals surface area (Å²) in [5.74, 6) is -2.49. The van der Waals surface area contributed by atoms with E-state index in [4.69, 9.17) is 33.6 Å². The maximum absolute atomic E-state index is 14.6. The Bertz CT molecular complexity index is 2220. The highest BCUT2D eigenvalue weighted by atomic mass is 32.2. The standard InChI is InChI=1S/C39H55N3O11S.C8H15NO3/c1-36(2,3)29(20-32(44)52-37(4,5)6)34(45)42-23-27(51-33-28-11-10-26(50-9)18-24(28)12-16-40-33)19-30(42)31(43)22-39(21-25(39)13-17-49-8)35(46)41-54(47,48)53-38(7)14-15-38;1-11-4-3-6-5-8(6,9)7(10)12-2/h10-12,16,18,25,27,29-30H,13-15,17,19-23H2,1-9H3,(H,41,46);6H,3-5,9H2,1-2H3/t25-,27-,29-,30+,39-;6-,8-/m11/s1. The van der Waals surface area contributed by atoms with Crippen molar-refractivity contribution in [2.75, 3.05) is 48.2 Å². The number of pyridine rings is 1. The number of nitrogens with one attached hydrogen (secondary N) is 1. The molecule has 3 N–H and O–H groups in total. The van der Waals surface area contributed by atoms with Gasteiger partial charge in [0, 0.05) is 51.9 Å². The lowest BCUT2D eigenvalue weighted by Gasteiger charge is -2.35. The van der Waals surface area contributed by atoms with E-state index in [1.165, 1.54) is 19.1 Å². The third-order valence-corrected chi connectivity index (χ3v) is 14.0. The molecule has 66 heavy (non-hydrogen) atoms. The molecule has 4 fully saturated rings. The summed E-state index contributed by atoms with van der Waals surface area (Å²) >= 11 is 0. The van der Waals surface area contributed by atoms with Crippen LogP contribution in [0.4, 0.5) is 0 Å². The highest BCUT2D eigenvalue weighted by Gasteiger charge is 2.62. The number of ether oxygens (including phenoxy) is 6. The Morgan fingerprint density at radius 2 is 1.59 bits per heavy atom. The van der Waals surface area contributed by atoms with Gasteiger partial charge in [-0.15, -0.1) is 0 Å². The van der Waals surface area contributed by atoms with Crippen molar-refractivity contribution >= 4 is 50.6 Å². The number of fused-ring (bicyclic) bond motifs is 1. The van der Waals surface area contributed by atoms with E-state index in [1.54, 1.807) is 54.2 Å². The van der Waals surface area contributed by atoms with Crippen molar-refractivity contribution in [1.29, 1.82) is 0 Å². The number of carbonyl (C=O) groups is 5. The first kappa shape index (κ1) is 52.5. The lowest BCUT2D eigenvalue weighted by atomic mass is 9.77. The van der Waals surface area contributed by atoms with Gasteiger partial charge in [0.25, 0.3) is 0 Å². The van der Waals surface area contributed by atoms with E-state index in [0.717, 1.165) is 18.2 Å². The first-order valence-electron chi connectivity index (χ1n) is 22.5. The van der Waals surface area contributed by atoms with Gasteiger partial charge < -0.3 is 39.1 Å². The van der Waals surface area contributed by atoms with Crippen LogP contribution < -0.4 is 19.9 Å². The van der Waals surface area contributed by atoms with E-state index < -0.39 is 79.5 Å². The zero-order valence-corrected chi connectivity index (χ0v) is 41.2. The molecule has 7 atom stereocenters. The van der Waals surface area contributed by atoms with Crippen LogP contribution in [0.3, 0.4) is 0 Å². The van der Waals surface area contributed by atoms with Gasteiger partial charge in [-0.1, -0.05) is 20.8 Å². The molecule has 2 heterocycles. The molecule has 0 unspecified atom stereocenters.